The molecule has 0 radical (unpaired) electrons. The number of carbonyl (C=O) groups excluding carboxylic acids is 1. The van der Waals surface area contributed by atoms with Crippen LogP contribution in [0.5, 0.6) is 5.75 Å². The molecule has 4 aromatic carbocycles. The molecule has 1 aliphatic rings. The van der Waals surface area contributed by atoms with Crippen LogP contribution >= 0.6 is 35.6 Å². The van der Waals surface area contributed by atoms with Crippen molar-refractivity contribution < 1.29 is 9.53 Å². The fourth-order valence-electron chi connectivity index (χ4n) is 3.64. The summed E-state index contributed by atoms with van der Waals surface area (Å²) in [5.41, 5.74) is 2.76. The average molecular weight is 488 g/mol. The van der Waals surface area contributed by atoms with Crippen LogP contribution in [0.15, 0.2) is 95.9 Å². The molecule has 0 N–H and O–H groups in total. The van der Waals surface area contributed by atoms with Gasteiger partial charge in [-0.25, -0.2) is 0 Å². The number of hydrogen-bond acceptors (Lipinski definition) is 4. The lowest BCUT2D eigenvalue weighted by molar-refractivity contribution is -0.113. The summed E-state index contributed by atoms with van der Waals surface area (Å²) in [6.07, 6.45) is 1.87. The van der Waals surface area contributed by atoms with Gasteiger partial charge in [-0.15, -0.1) is 0 Å². The molecule has 33 heavy (non-hydrogen) atoms. The predicted octanol–water partition coefficient (Wildman–Crippen LogP) is 7.48. The van der Waals surface area contributed by atoms with Gasteiger partial charge in [-0.1, -0.05) is 96.2 Å². The number of carbonyl (C=O) groups is 1. The summed E-state index contributed by atoms with van der Waals surface area (Å²) < 4.78 is 6.38. The summed E-state index contributed by atoms with van der Waals surface area (Å²) >= 11 is 12.8. The van der Waals surface area contributed by atoms with Gasteiger partial charge in [0.15, 0.2) is 4.32 Å². The van der Waals surface area contributed by atoms with Crippen molar-refractivity contribution in [3.63, 3.8) is 0 Å². The molecule has 0 atom stereocenters. The first kappa shape index (κ1) is 21.7. The normalized spacial score (nSPS) is 14.9. The summed E-state index contributed by atoms with van der Waals surface area (Å²) in [5.74, 6) is 0.648. The largest absolute Gasteiger partial charge is 0.489 e. The maximum Gasteiger partial charge on any atom is 0.270 e. The van der Waals surface area contributed by atoms with Crippen molar-refractivity contribution in [2.24, 2.45) is 0 Å². The average Bonchev–Trinajstić information content (AvgIpc) is 3.11. The van der Waals surface area contributed by atoms with Gasteiger partial charge in [-0.3, -0.25) is 9.69 Å². The first-order chi connectivity index (χ1) is 16.1. The van der Waals surface area contributed by atoms with Gasteiger partial charge in [-0.05, 0) is 52.9 Å². The van der Waals surface area contributed by atoms with Gasteiger partial charge in [0, 0.05) is 10.4 Å². The number of halogens is 1. The summed E-state index contributed by atoms with van der Waals surface area (Å²) in [7, 11) is 0. The van der Waals surface area contributed by atoms with E-state index in [1.807, 2.05) is 97.1 Å². The first-order valence-electron chi connectivity index (χ1n) is 10.3. The number of amides is 1. The molecule has 0 spiro atoms. The van der Waals surface area contributed by atoms with E-state index in [4.69, 9.17) is 28.6 Å². The summed E-state index contributed by atoms with van der Waals surface area (Å²) in [6, 6.07) is 29.1. The Morgan fingerprint density at radius 3 is 2.42 bits per heavy atom. The smallest absolute Gasteiger partial charge is 0.270 e. The minimum Gasteiger partial charge on any atom is -0.489 e. The molecular weight excluding hydrogens is 470 g/mol. The lowest BCUT2D eigenvalue weighted by atomic mass is 10.1. The quantitative estimate of drug-likeness (QED) is 0.215. The van der Waals surface area contributed by atoms with Crippen LogP contribution in [-0.4, -0.2) is 10.2 Å². The van der Waals surface area contributed by atoms with Crippen LogP contribution in [0.25, 0.3) is 16.8 Å². The Balaban J connectivity index is 1.33. The zero-order chi connectivity index (χ0) is 22.8. The standard InChI is InChI=1S/C27H18ClNO2S2/c28-21-12-8-19(9-13-21)17-31-22-14-10-18(11-15-22)16-25-26(30)29(27(32)33-25)24-7-3-5-20-4-1-2-6-23(20)24/h1-16H,17H2/b25-16-. The van der Waals surface area contributed by atoms with E-state index in [0.717, 1.165) is 33.3 Å². The van der Waals surface area contributed by atoms with Crippen molar-refractivity contribution in [2.45, 2.75) is 6.61 Å². The second kappa shape index (κ2) is 9.40. The zero-order valence-corrected chi connectivity index (χ0v) is 19.8. The molecule has 5 rings (SSSR count). The molecule has 4 aromatic rings. The molecule has 6 heteroatoms. The number of rotatable bonds is 5. The van der Waals surface area contributed by atoms with Crippen molar-refractivity contribution in [2.75, 3.05) is 4.90 Å². The maximum atomic E-state index is 13.2. The van der Waals surface area contributed by atoms with Gasteiger partial charge in [0.25, 0.3) is 5.91 Å². The topological polar surface area (TPSA) is 29.5 Å². The van der Waals surface area contributed by atoms with E-state index >= 15 is 0 Å². The number of thioether (sulfide) groups is 1. The molecule has 1 aliphatic heterocycles. The van der Waals surface area contributed by atoms with Crippen molar-refractivity contribution in [3.8, 4) is 5.75 Å². The number of fused-ring (bicyclic) bond motifs is 1. The van der Waals surface area contributed by atoms with Crippen molar-refractivity contribution in [1.29, 1.82) is 0 Å². The molecule has 3 nitrogen and oxygen atoms in total. The van der Waals surface area contributed by atoms with Crippen LogP contribution in [0, 0.1) is 0 Å². The van der Waals surface area contributed by atoms with E-state index in [2.05, 4.69) is 0 Å². The zero-order valence-electron chi connectivity index (χ0n) is 17.4. The second-order valence-corrected chi connectivity index (χ2v) is 9.61. The molecule has 0 aromatic heterocycles. The third-order valence-corrected chi connectivity index (χ3v) is 6.85. The highest BCUT2D eigenvalue weighted by Crippen LogP contribution is 2.39. The number of nitrogens with zero attached hydrogens (tertiary/aromatic N) is 1. The molecule has 162 valence electrons. The van der Waals surface area contributed by atoms with E-state index < -0.39 is 0 Å². The Kier molecular flexibility index (Phi) is 6.18. The third kappa shape index (κ3) is 4.67. The molecule has 0 saturated carbocycles. The second-order valence-electron chi connectivity index (χ2n) is 7.50. The van der Waals surface area contributed by atoms with E-state index in [1.165, 1.54) is 11.8 Å². The number of ether oxygens (including phenoxy) is 1. The highest BCUT2D eigenvalue weighted by atomic mass is 35.5. The van der Waals surface area contributed by atoms with Crippen molar-refractivity contribution in [1.82, 2.24) is 0 Å². The van der Waals surface area contributed by atoms with Gasteiger partial charge in [0.05, 0.1) is 10.6 Å². The number of anilines is 1. The van der Waals surface area contributed by atoms with Crippen LogP contribution < -0.4 is 9.64 Å². The van der Waals surface area contributed by atoms with E-state index in [-0.39, 0.29) is 5.91 Å². The third-order valence-electron chi connectivity index (χ3n) is 5.30. The Morgan fingerprint density at radius 2 is 1.64 bits per heavy atom. The predicted molar refractivity (Wildman–Crippen MR) is 142 cm³/mol. The molecule has 0 aliphatic carbocycles. The summed E-state index contributed by atoms with van der Waals surface area (Å²) in [4.78, 5) is 15.5. The van der Waals surface area contributed by atoms with Gasteiger partial charge in [0.2, 0.25) is 0 Å². The minimum absolute atomic E-state index is 0.107. The van der Waals surface area contributed by atoms with Crippen LogP contribution in [0.3, 0.4) is 0 Å². The van der Waals surface area contributed by atoms with Crippen LogP contribution in [0.2, 0.25) is 5.02 Å². The number of thiocarbonyl (C=S) groups is 1. The highest BCUT2D eigenvalue weighted by Gasteiger charge is 2.34. The van der Waals surface area contributed by atoms with E-state index in [1.54, 1.807) is 4.90 Å². The monoisotopic (exact) mass is 487 g/mol. The highest BCUT2D eigenvalue weighted by molar-refractivity contribution is 8.27. The fraction of sp³-hybridized carbons (Fsp3) is 0.0370. The number of benzene rings is 4. The summed E-state index contributed by atoms with van der Waals surface area (Å²) in [6.45, 7) is 0.459. The maximum absolute atomic E-state index is 13.2. The van der Waals surface area contributed by atoms with Crippen molar-refractivity contribution in [3.05, 3.63) is 112 Å². The van der Waals surface area contributed by atoms with Crippen LogP contribution in [-0.2, 0) is 11.4 Å². The van der Waals surface area contributed by atoms with E-state index in [0.29, 0.717) is 20.9 Å². The van der Waals surface area contributed by atoms with Crippen molar-refractivity contribution >= 4 is 68.3 Å². The van der Waals surface area contributed by atoms with Gasteiger partial charge in [-0.2, -0.15) is 0 Å². The Bertz CT molecular complexity index is 1380. The molecule has 0 unspecified atom stereocenters. The molecule has 1 saturated heterocycles. The molecule has 0 bridgehead atoms. The Morgan fingerprint density at radius 1 is 0.909 bits per heavy atom. The summed E-state index contributed by atoms with van der Waals surface area (Å²) in [5, 5.41) is 2.77. The fourth-order valence-corrected chi connectivity index (χ4v) is 5.05. The first-order valence-corrected chi connectivity index (χ1v) is 11.9. The lowest BCUT2D eigenvalue weighted by Crippen LogP contribution is -2.27. The van der Waals surface area contributed by atoms with Gasteiger partial charge in [0.1, 0.15) is 12.4 Å². The molecule has 1 fully saturated rings. The molecule has 1 amide bonds. The van der Waals surface area contributed by atoms with Gasteiger partial charge >= 0.3 is 0 Å². The minimum atomic E-state index is -0.107. The van der Waals surface area contributed by atoms with Crippen LogP contribution in [0.4, 0.5) is 5.69 Å². The van der Waals surface area contributed by atoms with E-state index in [9.17, 15) is 4.79 Å². The molecular formula is C27H18ClNO2S2. The lowest BCUT2D eigenvalue weighted by Gasteiger charge is -2.17. The SMILES string of the molecule is O=C1/C(=C/c2ccc(OCc3ccc(Cl)cc3)cc2)SC(=S)N1c1cccc2ccccc12. The number of hydrogen-bond donors (Lipinski definition) is 0. The van der Waals surface area contributed by atoms with Crippen LogP contribution in [0.1, 0.15) is 11.1 Å². The Labute approximate surface area is 206 Å². The van der Waals surface area contributed by atoms with Gasteiger partial charge < -0.3 is 4.74 Å². The molecule has 1 heterocycles. The Hall–Kier alpha value is -3.12.